The summed E-state index contributed by atoms with van der Waals surface area (Å²) in [6, 6.07) is 6.86. The van der Waals surface area contributed by atoms with Crippen LogP contribution < -0.4 is 0 Å². The zero-order valence-electron chi connectivity index (χ0n) is 9.12. The van der Waals surface area contributed by atoms with Crippen LogP contribution in [0.4, 0.5) is 11.5 Å². The second kappa shape index (κ2) is 4.14. The molecule has 1 aromatic heterocycles. The number of benzene rings is 1. The Kier molecular flexibility index (Phi) is 2.68. The third kappa shape index (κ3) is 2.08. The van der Waals surface area contributed by atoms with E-state index in [1.165, 1.54) is 0 Å². The second-order valence-electron chi connectivity index (χ2n) is 3.48. The molecule has 0 saturated heterocycles. The maximum atomic E-state index is 9.35. The number of hydrogen-bond acceptors (Lipinski definition) is 4. The van der Waals surface area contributed by atoms with Gasteiger partial charge in [-0.25, -0.2) is 4.68 Å². The minimum Gasteiger partial charge on any atom is -0.508 e. The zero-order valence-corrected chi connectivity index (χ0v) is 9.12. The molecule has 5 heteroatoms. The van der Waals surface area contributed by atoms with Crippen LogP contribution in [0.25, 0.3) is 0 Å². The molecule has 2 aromatic rings. The van der Waals surface area contributed by atoms with Gasteiger partial charge in [0.05, 0.1) is 11.9 Å². The fraction of sp³-hybridized carbons (Fsp3) is 0.182. The van der Waals surface area contributed by atoms with E-state index in [-0.39, 0.29) is 5.75 Å². The Bertz CT molecular complexity index is 531. The lowest BCUT2D eigenvalue weighted by molar-refractivity contribution is 0.471. The Morgan fingerprint density at radius 3 is 2.69 bits per heavy atom. The van der Waals surface area contributed by atoms with Crippen molar-refractivity contribution in [1.29, 1.82) is 0 Å². The highest BCUT2D eigenvalue weighted by Crippen LogP contribution is 2.23. The molecule has 0 fully saturated rings. The van der Waals surface area contributed by atoms with E-state index in [2.05, 4.69) is 15.3 Å². The summed E-state index contributed by atoms with van der Waals surface area (Å²) < 4.78 is 1.64. The maximum absolute atomic E-state index is 9.35. The van der Waals surface area contributed by atoms with Crippen LogP contribution in [0.3, 0.4) is 0 Å². The second-order valence-corrected chi connectivity index (χ2v) is 3.48. The molecule has 0 atom stereocenters. The summed E-state index contributed by atoms with van der Waals surface area (Å²) >= 11 is 0. The fourth-order valence-electron chi connectivity index (χ4n) is 1.28. The van der Waals surface area contributed by atoms with E-state index in [0.29, 0.717) is 11.5 Å². The van der Waals surface area contributed by atoms with Gasteiger partial charge in [0.25, 0.3) is 0 Å². The van der Waals surface area contributed by atoms with Gasteiger partial charge in [0.1, 0.15) is 5.75 Å². The van der Waals surface area contributed by atoms with Crippen molar-refractivity contribution in [2.45, 2.75) is 6.92 Å². The molecule has 0 saturated carbocycles. The molecule has 5 nitrogen and oxygen atoms in total. The highest BCUT2D eigenvalue weighted by atomic mass is 16.3. The van der Waals surface area contributed by atoms with Crippen molar-refractivity contribution in [3.63, 3.8) is 0 Å². The molecule has 16 heavy (non-hydrogen) atoms. The van der Waals surface area contributed by atoms with Crippen molar-refractivity contribution in [2.75, 3.05) is 0 Å². The standard InChI is InChI=1S/C11H12N4O/c1-8-7-9(3-4-10(8)16)13-14-11-5-6-12-15(11)2/h3-7,16H,1-2H3. The van der Waals surface area contributed by atoms with Gasteiger partial charge < -0.3 is 5.11 Å². The monoisotopic (exact) mass is 216 g/mol. The van der Waals surface area contributed by atoms with Crippen LogP contribution in [0, 0.1) is 6.92 Å². The van der Waals surface area contributed by atoms with Crippen LogP contribution in [-0.4, -0.2) is 14.9 Å². The molecule has 0 aliphatic heterocycles. The summed E-state index contributed by atoms with van der Waals surface area (Å²) in [4.78, 5) is 0. The molecule has 0 amide bonds. The first-order valence-corrected chi connectivity index (χ1v) is 4.86. The van der Waals surface area contributed by atoms with Crippen molar-refractivity contribution in [2.24, 2.45) is 17.3 Å². The summed E-state index contributed by atoms with van der Waals surface area (Å²) in [5.41, 5.74) is 1.48. The minimum absolute atomic E-state index is 0.263. The zero-order chi connectivity index (χ0) is 11.5. The smallest absolute Gasteiger partial charge is 0.172 e. The number of aromatic nitrogens is 2. The Morgan fingerprint density at radius 1 is 1.25 bits per heavy atom. The average Bonchev–Trinajstić information content (AvgIpc) is 2.66. The first-order chi connectivity index (χ1) is 7.66. The van der Waals surface area contributed by atoms with E-state index in [1.54, 1.807) is 42.2 Å². The van der Waals surface area contributed by atoms with E-state index in [0.717, 1.165) is 5.56 Å². The Morgan fingerprint density at radius 2 is 2.06 bits per heavy atom. The van der Waals surface area contributed by atoms with E-state index in [1.807, 2.05) is 6.92 Å². The van der Waals surface area contributed by atoms with E-state index < -0.39 is 0 Å². The highest BCUT2D eigenvalue weighted by molar-refractivity contribution is 5.46. The molecule has 1 N–H and O–H groups in total. The van der Waals surface area contributed by atoms with Crippen LogP contribution in [0.5, 0.6) is 5.75 Å². The third-order valence-corrected chi connectivity index (χ3v) is 2.24. The topological polar surface area (TPSA) is 62.8 Å². The number of hydrogen-bond donors (Lipinski definition) is 1. The van der Waals surface area contributed by atoms with Crippen molar-refractivity contribution in [3.8, 4) is 5.75 Å². The molecule has 0 aliphatic carbocycles. The maximum Gasteiger partial charge on any atom is 0.172 e. The Labute approximate surface area is 93.1 Å². The molecule has 82 valence electrons. The lowest BCUT2D eigenvalue weighted by Crippen LogP contribution is -1.86. The molecule has 2 rings (SSSR count). The quantitative estimate of drug-likeness (QED) is 0.784. The number of rotatable bonds is 2. The van der Waals surface area contributed by atoms with E-state index >= 15 is 0 Å². The summed E-state index contributed by atoms with van der Waals surface area (Å²) in [6.45, 7) is 1.82. The molecule has 0 unspecified atom stereocenters. The lowest BCUT2D eigenvalue weighted by atomic mass is 10.2. The lowest BCUT2D eigenvalue weighted by Gasteiger charge is -1.98. The van der Waals surface area contributed by atoms with Crippen molar-refractivity contribution in [3.05, 3.63) is 36.0 Å². The summed E-state index contributed by atoms with van der Waals surface area (Å²) in [5, 5.41) is 21.5. The number of aromatic hydroxyl groups is 1. The van der Waals surface area contributed by atoms with E-state index in [9.17, 15) is 5.11 Å². The number of phenols is 1. The molecule has 0 spiro atoms. The van der Waals surface area contributed by atoms with E-state index in [4.69, 9.17) is 0 Å². The Balaban J connectivity index is 2.24. The first-order valence-electron chi connectivity index (χ1n) is 4.86. The van der Waals surface area contributed by atoms with Crippen LogP contribution >= 0.6 is 0 Å². The largest absolute Gasteiger partial charge is 0.508 e. The molecule has 0 radical (unpaired) electrons. The molecule has 0 bridgehead atoms. The van der Waals surface area contributed by atoms with Crippen LogP contribution in [-0.2, 0) is 7.05 Å². The molecular formula is C11H12N4O. The van der Waals surface area contributed by atoms with Gasteiger partial charge in [-0.15, -0.1) is 10.2 Å². The fourth-order valence-corrected chi connectivity index (χ4v) is 1.28. The van der Waals surface area contributed by atoms with Crippen LogP contribution in [0.15, 0.2) is 40.7 Å². The highest BCUT2D eigenvalue weighted by Gasteiger charge is 1.98. The van der Waals surface area contributed by atoms with Gasteiger partial charge in [-0.3, -0.25) is 0 Å². The predicted octanol–water partition coefficient (Wildman–Crippen LogP) is 2.85. The summed E-state index contributed by atoms with van der Waals surface area (Å²) in [5.74, 6) is 0.949. The Hall–Kier alpha value is -2.17. The van der Waals surface area contributed by atoms with Crippen LogP contribution in [0.1, 0.15) is 5.56 Å². The summed E-state index contributed by atoms with van der Waals surface area (Å²) in [7, 11) is 1.80. The number of aryl methyl sites for hydroxylation is 2. The van der Waals surface area contributed by atoms with Gasteiger partial charge in [-0.2, -0.15) is 5.10 Å². The molecule has 0 aliphatic rings. The number of phenolic OH excluding ortho intramolecular Hbond substituents is 1. The van der Waals surface area contributed by atoms with Crippen LogP contribution in [0.2, 0.25) is 0 Å². The normalized spacial score (nSPS) is 11.1. The van der Waals surface area contributed by atoms with Gasteiger partial charge in [0.2, 0.25) is 0 Å². The minimum atomic E-state index is 0.263. The van der Waals surface area contributed by atoms with Gasteiger partial charge >= 0.3 is 0 Å². The molecular weight excluding hydrogens is 204 g/mol. The molecule has 1 aromatic carbocycles. The number of azo groups is 1. The predicted molar refractivity (Wildman–Crippen MR) is 60.2 cm³/mol. The van der Waals surface area contributed by atoms with Gasteiger partial charge in [-0.1, -0.05) is 0 Å². The van der Waals surface area contributed by atoms with Crippen molar-refractivity contribution >= 4 is 11.5 Å². The van der Waals surface area contributed by atoms with Crippen molar-refractivity contribution < 1.29 is 5.11 Å². The first kappa shape index (κ1) is 10.4. The number of nitrogens with zero attached hydrogens (tertiary/aromatic N) is 4. The third-order valence-electron chi connectivity index (χ3n) is 2.24. The van der Waals surface area contributed by atoms with Gasteiger partial charge in [0.15, 0.2) is 5.82 Å². The molecule has 1 heterocycles. The van der Waals surface area contributed by atoms with Gasteiger partial charge in [0, 0.05) is 13.1 Å². The average molecular weight is 216 g/mol. The SMILES string of the molecule is Cc1cc(N=Nc2ccnn2C)ccc1O. The van der Waals surface area contributed by atoms with Crippen molar-refractivity contribution in [1.82, 2.24) is 9.78 Å². The summed E-state index contributed by atoms with van der Waals surface area (Å²) in [6.07, 6.45) is 1.66. The van der Waals surface area contributed by atoms with Gasteiger partial charge in [-0.05, 0) is 30.7 Å².